The van der Waals surface area contributed by atoms with Crippen LogP contribution in [0.15, 0.2) is 34.2 Å². The molecule has 4 nitrogen and oxygen atoms in total. The van der Waals surface area contributed by atoms with Crippen LogP contribution in [0.5, 0.6) is 0 Å². The van der Waals surface area contributed by atoms with Crippen LogP contribution in [0.2, 0.25) is 5.02 Å². The van der Waals surface area contributed by atoms with Crippen LogP contribution in [0.25, 0.3) is 10.9 Å². The molecule has 0 N–H and O–H groups in total. The molecule has 0 unspecified atom stereocenters. The number of pyridine rings is 1. The molecule has 1 aromatic heterocycles. The first kappa shape index (κ1) is 9.86. The Bertz CT molecular complexity index is 604. The summed E-state index contributed by atoms with van der Waals surface area (Å²) in [5.41, 5.74) is -0.0357. The Labute approximate surface area is 90.1 Å². The third-order valence-electron chi connectivity index (χ3n) is 2.31. The van der Waals surface area contributed by atoms with Gasteiger partial charge in [-0.25, -0.2) is 0 Å². The quantitative estimate of drug-likeness (QED) is 0.697. The zero-order valence-electron chi connectivity index (χ0n) is 7.90. The van der Waals surface area contributed by atoms with Gasteiger partial charge < -0.3 is 4.57 Å². The highest BCUT2D eigenvalue weighted by Crippen LogP contribution is 2.28. The molecule has 0 aliphatic carbocycles. The summed E-state index contributed by atoms with van der Waals surface area (Å²) in [6, 6.07) is 7.09. The van der Waals surface area contributed by atoms with Crippen molar-refractivity contribution in [3.05, 3.63) is 44.5 Å². The molecule has 76 valence electrons. The summed E-state index contributed by atoms with van der Waals surface area (Å²) in [5.74, 6) is 0. The minimum absolute atomic E-state index is 0.115. The monoisotopic (exact) mass is 222 g/mol. The van der Waals surface area contributed by atoms with Crippen LogP contribution in [0.3, 0.4) is 0 Å². The van der Waals surface area contributed by atoms with Crippen LogP contribution in [-0.2, 0) is 7.05 Å². The Kier molecular flexibility index (Phi) is 2.28. The normalized spacial score (nSPS) is 10.5. The van der Waals surface area contributed by atoms with E-state index in [1.165, 1.54) is 4.57 Å². The standard InChI is InChI=1S/C10H7ClN2O2/c1-13-7-5-3-2-4-6(7)8(11)9(12-15)10(13)14/h2-5H,1H3. The van der Waals surface area contributed by atoms with Gasteiger partial charge in [-0.3, -0.25) is 4.79 Å². The lowest BCUT2D eigenvalue weighted by Crippen LogP contribution is -2.16. The summed E-state index contributed by atoms with van der Waals surface area (Å²) in [7, 11) is 1.58. The summed E-state index contributed by atoms with van der Waals surface area (Å²) in [5, 5.41) is 3.43. The molecule has 5 heteroatoms. The van der Waals surface area contributed by atoms with Gasteiger partial charge in [0.2, 0.25) is 0 Å². The number of rotatable bonds is 1. The molecule has 0 atom stereocenters. The molecule has 0 saturated heterocycles. The maximum atomic E-state index is 11.6. The Morgan fingerprint density at radius 1 is 1.33 bits per heavy atom. The van der Waals surface area contributed by atoms with Crippen molar-refractivity contribution in [1.82, 2.24) is 4.57 Å². The number of aromatic nitrogens is 1. The van der Waals surface area contributed by atoms with Gasteiger partial charge in [-0.15, -0.1) is 4.91 Å². The van der Waals surface area contributed by atoms with Crippen molar-refractivity contribution in [3.8, 4) is 0 Å². The zero-order valence-corrected chi connectivity index (χ0v) is 8.65. The van der Waals surface area contributed by atoms with Gasteiger partial charge in [0.15, 0.2) is 5.69 Å². The van der Waals surface area contributed by atoms with E-state index in [0.717, 1.165) is 0 Å². The molecule has 2 aromatic rings. The predicted octanol–water partition coefficient (Wildman–Crippen LogP) is 2.59. The first-order chi connectivity index (χ1) is 7.16. The van der Waals surface area contributed by atoms with E-state index in [0.29, 0.717) is 10.9 Å². The van der Waals surface area contributed by atoms with Crippen molar-refractivity contribution in [1.29, 1.82) is 0 Å². The van der Waals surface area contributed by atoms with Crippen LogP contribution in [0.4, 0.5) is 5.69 Å². The highest BCUT2D eigenvalue weighted by atomic mass is 35.5. The fraction of sp³-hybridized carbons (Fsp3) is 0.100. The highest BCUT2D eigenvalue weighted by Gasteiger charge is 2.13. The number of halogens is 1. The van der Waals surface area contributed by atoms with Crippen molar-refractivity contribution in [2.45, 2.75) is 0 Å². The second kappa shape index (κ2) is 3.47. The van der Waals surface area contributed by atoms with Gasteiger partial charge in [0, 0.05) is 12.4 Å². The first-order valence-electron chi connectivity index (χ1n) is 4.27. The lowest BCUT2D eigenvalue weighted by atomic mass is 10.2. The molecule has 0 saturated carbocycles. The molecule has 15 heavy (non-hydrogen) atoms. The second-order valence-corrected chi connectivity index (χ2v) is 3.51. The number of nitroso groups, excluding NO2 is 1. The predicted molar refractivity (Wildman–Crippen MR) is 59.7 cm³/mol. The fourth-order valence-electron chi connectivity index (χ4n) is 1.52. The van der Waals surface area contributed by atoms with Gasteiger partial charge in [0.1, 0.15) is 0 Å². The zero-order chi connectivity index (χ0) is 11.0. The maximum absolute atomic E-state index is 11.6. The van der Waals surface area contributed by atoms with E-state index in [1.54, 1.807) is 31.3 Å². The largest absolute Gasteiger partial charge is 0.309 e. The molecule has 0 aliphatic heterocycles. The second-order valence-electron chi connectivity index (χ2n) is 3.14. The van der Waals surface area contributed by atoms with E-state index in [4.69, 9.17) is 11.6 Å². The SMILES string of the molecule is Cn1c(=O)c(N=O)c(Cl)c2ccccc21. The Hall–Kier alpha value is -1.68. The number of nitrogens with zero attached hydrogens (tertiary/aromatic N) is 2. The van der Waals surface area contributed by atoms with E-state index in [2.05, 4.69) is 5.18 Å². The van der Waals surface area contributed by atoms with Crippen LogP contribution in [-0.4, -0.2) is 4.57 Å². The van der Waals surface area contributed by atoms with Crippen molar-refractivity contribution >= 4 is 28.2 Å². The molecular weight excluding hydrogens is 216 g/mol. The van der Waals surface area contributed by atoms with E-state index in [9.17, 15) is 9.70 Å². The van der Waals surface area contributed by atoms with Gasteiger partial charge in [0.25, 0.3) is 5.56 Å². The summed E-state index contributed by atoms with van der Waals surface area (Å²) >= 11 is 5.91. The minimum Gasteiger partial charge on any atom is -0.309 e. The van der Waals surface area contributed by atoms with Crippen molar-refractivity contribution < 1.29 is 0 Å². The number of benzene rings is 1. The van der Waals surface area contributed by atoms with Crippen molar-refractivity contribution in [2.75, 3.05) is 0 Å². The average molecular weight is 223 g/mol. The number of aryl methyl sites for hydroxylation is 1. The Morgan fingerprint density at radius 3 is 2.67 bits per heavy atom. The molecule has 0 spiro atoms. The van der Waals surface area contributed by atoms with Gasteiger partial charge >= 0.3 is 0 Å². The summed E-state index contributed by atoms with van der Waals surface area (Å²) < 4.78 is 1.36. The van der Waals surface area contributed by atoms with Crippen LogP contribution >= 0.6 is 11.6 Å². The van der Waals surface area contributed by atoms with Gasteiger partial charge in [0.05, 0.1) is 10.5 Å². The third kappa shape index (κ3) is 1.34. The molecule has 1 aromatic carbocycles. The molecule has 1 heterocycles. The molecule has 0 radical (unpaired) electrons. The highest BCUT2D eigenvalue weighted by molar-refractivity contribution is 6.37. The lowest BCUT2D eigenvalue weighted by molar-refractivity contribution is 0.905. The minimum atomic E-state index is -0.478. The number of hydrogen-bond donors (Lipinski definition) is 0. The smallest absolute Gasteiger partial charge is 0.281 e. The molecule has 0 aliphatic rings. The van der Waals surface area contributed by atoms with Crippen molar-refractivity contribution in [3.63, 3.8) is 0 Å². The summed E-state index contributed by atoms with van der Waals surface area (Å²) in [6.45, 7) is 0. The maximum Gasteiger partial charge on any atom is 0.281 e. The van der Waals surface area contributed by atoms with Gasteiger partial charge in [-0.2, -0.15) is 0 Å². The fourth-order valence-corrected chi connectivity index (χ4v) is 1.80. The number of hydrogen-bond acceptors (Lipinski definition) is 3. The Balaban J connectivity index is 3.09. The summed E-state index contributed by atoms with van der Waals surface area (Å²) in [4.78, 5) is 22.1. The van der Waals surface area contributed by atoms with E-state index < -0.39 is 5.56 Å². The van der Waals surface area contributed by atoms with E-state index >= 15 is 0 Å². The number of fused-ring (bicyclic) bond motifs is 1. The third-order valence-corrected chi connectivity index (χ3v) is 2.69. The average Bonchev–Trinajstić information content (AvgIpc) is 2.27. The molecule has 0 amide bonds. The molecule has 0 bridgehead atoms. The summed E-state index contributed by atoms with van der Waals surface area (Å²) in [6.07, 6.45) is 0. The first-order valence-corrected chi connectivity index (χ1v) is 4.65. The van der Waals surface area contributed by atoms with E-state index in [1.807, 2.05) is 0 Å². The van der Waals surface area contributed by atoms with Crippen molar-refractivity contribution in [2.24, 2.45) is 12.2 Å². The topological polar surface area (TPSA) is 51.4 Å². The molecular formula is C10H7ClN2O2. The van der Waals surface area contributed by atoms with Crippen LogP contribution in [0, 0.1) is 4.91 Å². The van der Waals surface area contributed by atoms with E-state index in [-0.39, 0.29) is 10.7 Å². The van der Waals surface area contributed by atoms with Gasteiger partial charge in [-0.05, 0) is 11.2 Å². The Morgan fingerprint density at radius 2 is 2.00 bits per heavy atom. The van der Waals surface area contributed by atoms with Gasteiger partial charge in [-0.1, -0.05) is 29.8 Å². The molecule has 0 fully saturated rings. The molecule has 2 rings (SSSR count). The number of para-hydroxylation sites is 1. The van der Waals surface area contributed by atoms with Crippen LogP contribution in [0.1, 0.15) is 0 Å². The lowest BCUT2D eigenvalue weighted by Gasteiger charge is -2.06. The van der Waals surface area contributed by atoms with Crippen LogP contribution < -0.4 is 5.56 Å².